The second kappa shape index (κ2) is 12.0. The van der Waals surface area contributed by atoms with E-state index in [-0.39, 0.29) is 36.2 Å². The molecule has 0 aliphatic carbocycles. The highest BCUT2D eigenvalue weighted by atomic mass is 32.2. The maximum atomic E-state index is 13.3. The third-order valence-corrected chi connectivity index (χ3v) is 7.81. The standard InChI is InChI=1S/C25H33N3O5S/c1-4-13-26(14-12-21-8-6-5-7-9-21)20-25(29)27-15-17-28(18-16-27)34(30,31)24-19-22(32-2)10-11-23(24)33-3/h4-11,19H,1,12-18,20H2,2-3H3. The number of nitrogens with zero attached hydrogens (tertiary/aromatic N) is 3. The molecule has 1 fully saturated rings. The molecule has 1 amide bonds. The number of ether oxygens (including phenoxy) is 2. The van der Waals surface area contributed by atoms with Crippen molar-refractivity contribution >= 4 is 15.9 Å². The smallest absolute Gasteiger partial charge is 0.247 e. The fourth-order valence-corrected chi connectivity index (χ4v) is 5.54. The third-order valence-electron chi connectivity index (χ3n) is 5.89. The number of amides is 1. The molecule has 184 valence electrons. The zero-order valence-electron chi connectivity index (χ0n) is 19.9. The van der Waals surface area contributed by atoms with E-state index < -0.39 is 10.0 Å². The predicted molar refractivity (Wildman–Crippen MR) is 132 cm³/mol. The molecule has 3 rings (SSSR count). The normalized spacial score (nSPS) is 14.7. The number of methoxy groups -OCH3 is 2. The summed E-state index contributed by atoms with van der Waals surface area (Å²) < 4.78 is 38.4. The van der Waals surface area contributed by atoms with Gasteiger partial charge >= 0.3 is 0 Å². The number of carbonyl (C=O) groups excluding carboxylic acids is 1. The van der Waals surface area contributed by atoms with E-state index in [1.54, 1.807) is 23.1 Å². The largest absolute Gasteiger partial charge is 0.497 e. The topological polar surface area (TPSA) is 79.4 Å². The van der Waals surface area contributed by atoms with E-state index in [4.69, 9.17) is 9.47 Å². The first kappa shape index (κ1) is 25.7. The van der Waals surface area contributed by atoms with Crippen LogP contribution in [0.15, 0.2) is 66.1 Å². The molecule has 0 atom stereocenters. The molecule has 1 aliphatic rings. The van der Waals surface area contributed by atoms with Crippen LogP contribution in [0.1, 0.15) is 5.56 Å². The molecule has 0 radical (unpaired) electrons. The monoisotopic (exact) mass is 487 g/mol. The van der Waals surface area contributed by atoms with Crippen LogP contribution in [0.4, 0.5) is 0 Å². The Kier molecular flexibility index (Phi) is 9.09. The van der Waals surface area contributed by atoms with Gasteiger partial charge in [-0.15, -0.1) is 6.58 Å². The lowest BCUT2D eigenvalue weighted by Gasteiger charge is -2.35. The minimum atomic E-state index is -3.79. The highest BCUT2D eigenvalue weighted by Crippen LogP contribution is 2.31. The molecule has 1 heterocycles. The molecule has 0 bridgehead atoms. The summed E-state index contributed by atoms with van der Waals surface area (Å²) in [5.41, 5.74) is 1.22. The third kappa shape index (κ3) is 6.37. The average molecular weight is 488 g/mol. The van der Waals surface area contributed by atoms with Gasteiger partial charge in [0.1, 0.15) is 16.4 Å². The van der Waals surface area contributed by atoms with Crippen LogP contribution in [-0.4, -0.2) is 88.5 Å². The van der Waals surface area contributed by atoms with Crippen molar-refractivity contribution < 1.29 is 22.7 Å². The number of sulfonamides is 1. The van der Waals surface area contributed by atoms with Gasteiger partial charge < -0.3 is 14.4 Å². The SMILES string of the molecule is C=CCN(CCc1ccccc1)CC(=O)N1CCN(S(=O)(=O)c2cc(OC)ccc2OC)CC1. The van der Waals surface area contributed by atoms with E-state index in [2.05, 4.69) is 23.6 Å². The molecule has 2 aromatic rings. The van der Waals surface area contributed by atoms with Gasteiger partial charge in [0, 0.05) is 45.3 Å². The fourth-order valence-electron chi connectivity index (χ4n) is 3.94. The van der Waals surface area contributed by atoms with E-state index in [0.717, 1.165) is 13.0 Å². The number of rotatable bonds is 11. The number of hydrogen-bond donors (Lipinski definition) is 0. The lowest BCUT2D eigenvalue weighted by molar-refractivity contribution is -0.133. The molecule has 2 aromatic carbocycles. The summed E-state index contributed by atoms with van der Waals surface area (Å²) in [4.78, 5) is 16.8. The van der Waals surface area contributed by atoms with Crippen LogP contribution in [0.2, 0.25) is 0 Å². The zero-order valence-corrected chi connectivity index (χ0v) is 20.7. The van der Waals surface area contributed by atoms with Crippen molar-refractivity contribution in [1.82, 2.24) is 14.1 Å². The molecule has 34 heavy (non-hydrogen) atoms. The Balaban J connectivity index is 1.59. The van der Waals surface area contributed by atoms with E-state index >= 15 is 0 Å². The van der Waals surface area contributed by atoms with Gasteiger partial charge in [0.2, 0.25) is 15.9 Å². The maximum absolute atomic E-state index is 13.3. The van der Waals surface area contributed by atoms with Crippen LogP contribution in [0, 0.1) is 0 Å². The second-order valence-corrected chi connectivity index (χ2v) is 9.97. The summed E-state index contributed by atoms with van der Waals surface area (Å²) in [5, 5.41) is 0. The van der Waals surface area contributed by atoms with Gasteiger partial charge in [-0.3, -0.25) is 9.69 Å². The summed E-state index contributed by atoms with van der Waals surface area (Å²) in [6.45, 7) is 6.56. The van der Waals surface area contributed by atoms with Gasteiger partial charge in [-0.25, -0.2) is 8.42 Å². The lowest BCUT2D eigenvalue weighted by Crippen LogP contribution is -2.52. The number of piperazine rings is 1. The zero-order chi connectivity index (χ0) is 24.6. The van der Waals surface area contributed by atoms with Gasteiger partial charge in [0.15, 0.2) is 0 Å². The summed E-state index contributed by atoms with van der Waals surface area (Å²) in [6, 6.07) is 14.8. The van der Waals surface area contributed by atoms with Crippen LogP contribution in [-0.2, 0) is 21.2 Å². The van der Waals surface area contributed by atoms with Gasteiger partial charge in [-0.1, -0.05) is 36.4 Å². The highest BCUT2D eigenvalue weighted by Gasteiger charge is 2.32. The molecule has 0 aromatic heterocycles. The summed E-state index contributed by atoms with van der Waals surface area (Å²) in [5.74, 6) is 0.690. The van der Waals surface area contributed by atoms with Crippen molar-refractivity contribution in [3.05, 3.63) is 66.7 Å². The molecule has 0 unspecified atom stereocenters. The molecular formula is C25H33N3O5S. The molecule has 1 saturated heterocycles. The van der Waals surface area contributed by atoms with Gasteiger partial charge in [-0.2, -0.15) is 4.31 Å². The Labute approximate surface area is 202 Å². The second-order valence-electron chi connectivity index (χ2n) is 8.06. The van der Waals surface area contributed by atoms with Gasteiger partial charge in [0.05, 0.1) is 20.8 Å². The van der Waals surface area contributed by atoms with Crippen LogP contribution in [0.5, 0.6) is 11.5 Å². The highest BCUT2D eigenvalue weighted by molar-refractivity contribution is 7.89. The Morgan fingerprint density at radius 2 is 1.76 bits per heavy atom. The molecule has 0 spiro atoms. The van der Waals surface area contributed by atoms with Crippen molar-refractivity contribution in [2.24, 2.45) is 0 Å². The minimum Gasteiger partial charge on any atom is -0.497 e. The van der Waals surface area contributed by atoms with E-state index in [0.29, 0.717) is 25.4 Å². The first-order chi connectivity index (χ1) is 16.4. The number of carbonyl (C=O) groups is 1. The average Bonchev–Trinajstić information content (AvgIpc) is 2.87. The number of benzene rings is 2. The van der Waals surface area contributed by atoms with Gasteiger partial charge in [-0.05, 0) is 24.1 Å². The molecular weight excluding hydrogens is 454 g/mol. The van der Waals surface area contributed by atoms with Crippen LogP contribution in [0.25, 0.3) is 0 Å². The van der Waals surface area contributed by atoms with Crippen molar-refractivity contribution in [1.29, 1.82) is 0 Å². The summed E-state index contributed by atoms with van der Waals surface area (Å²) in [7, 11) is -0.872. The maximum Gasteiger partial charge on any atom is 0.247 e. The molecule has 8 nitrogen and oxygen atoms in total. The Bertz CT molecular complexity index is 1070. The predicted octanol–water partition coefficient (Wildman–Crippen LogP) is 2.27. The van der Waals surface area contributed by atoms with Crippen molar-refractivity contribution in [2.45, 2.75) is 11.3 Å². The van der Waals surface area contributed by atoms with E-state index in [1.807, 2.05) is 18.2 Å². The van der Waals surface area contributed by atoms with Crippen molar-refractivity contribution in [2.75, 3.05) is 60.0 Å². The van der Waals surface area contributed by atoms with Crippen LogP contribution >= 0.6 is 0 Å². The van der Waals surface area contributed by atoms with Crippen LogP contribution < -0.4 is 9.47 Å². The molecule has 9 heteroatoms. The van der Waals surface area contributed by atoms with Crippen LogP contribution in [0.3, 0.4) is 0 Å². The van der Waals surface area contributed by atoms with E-state index in [9.17, 15) is 13.2 Å². The summed E-state index contributed by atoms with van der Waals surface area (Å²) in [6.07, 6.45) is 2.64. The molecule has 0 N–H and O–H groups in total. The van der Waals surface area contributed by atoms with Crippen molar-refractivity contribution in [3.8, 4) is 11.5 Å². The molecule has 0 saturated carbocycles. The lowest BCUT2D eigenvalue weighted by atomic mass is 10.1. The van der Waals surface area contributed by atoms with Gasteiger partial charge in [0.25, 0.3) is 0 Å². The quantitative estimate of drug-likeness (QED) is 0.453. The summed E-state index contributed by atoms with van der Waals surface area (Å²) >= 11 is 0. The first-order valence-corrected chi connectivity index (χ1v) is 12.7. The Morgan fingerprint density at radius 1 is 1.06 bits per heavy atom. The minimum absolute atomic E-state index is 0.00841. The Hall–Kier alpha value is -2.88. The molecule has 1 aliphatic heterocycles. The first-order valence-electron chi connectivity index (χ1n) is 11.3. The Morgan fingerprint density at radius 3 is 2.38 bits per heavy atom. The van der Waals surface area contributed by atoms with Crippen molar-refractivity contribution in [3.63, 3.8) is 0 Å². The number of hydrogen-bond acceptors (Lipinski definition) is 6. The van der Waals surface area contributed by atoms with E-state index in [1.165, 1.54) is 30.2 Å². The fraction of sp³-hybridized carbons (Fsp3) is 0.400.